The number of hydrogen-bond acceptors (Lipinski definition) is 1. The minimum atomic E-state index is -1.32. The van der Waals surface area contributed by atoms with Gasteiger partial charge in [-0.1, -0.05) is 43.0 Å². The summed E-state index contributed by atoms with van der Waals surface area (Å²) in [6, 6.07) is 7.32. The predicted molar refractivity (Wildman–Crippen MR) is 84.3 cm³/mol. The van der Waals surface area contributed by atoms with Crippen molar-refractivity contribution >= 4 is 13.3 Å². The number of nitrogens with zero attached hydrogens (tertiary/aromatic N) is 1. The van der Waals surface area contributed by atoms with E-state index >= 15 is 0 Å². The number of hydrogen-bond donors (Lipinski definition) is 0. The van der Waals surface area contributed by atoms with Crippen molar-refractivity contribution in [2.24, 2.45) is 0 Å². The first-order chi connectivity index (χ1) is 8.91. The Morgan fingerprint density at radius 1 is 1.05 bits per heavy atom. The summed E-state index contributed by atoms with van der Waals surface area (Å²) in [6.45, 7) is 7.33. The van der Waals surface area contributed by atoms with Gasteiger partial charge in [-0.05, 0) is 44.5 Å². The van der Waals surface area contributed by atoms with Crippen molar-refractivity contribution in [3.05, 3.63) is 60.4 Å². The van der Waals surface area contributed by atoms with Gasteiger partial charge in [-0.25, -0.2) is 0 Å². The van der Waals surface area contributed by atoms with Gasteiger partial charge in [0.15, 0.2) is 0 Å². The van der Waals surface area contributed by atoms with Gasteiger partial charge in [-0.15, -0.1) is 0 Å². The molecule has 0 unspecified atom stereocenters. The molecule has 5 radical (unpaired) electrons. The van der Waals surface area contributed by atoms with Gasteiger partial charge in [0, 0.05) is 17.9 Å². The maximum atomic E-state index is 2.44. The summed E-state index contributed by atoms with van der Waals surface area (Å²) in [4.78, 5) is 2.36. The van der Waals surface area contributed by atoms with Crippen LogP contribution in [0.15, 0.2) is 18.2 Å². The molecule has 1 atom stereocenters. The molecule has 0 saturated heterocycles. The number of benzene rings is 1. The van der Waals surface area contributed by atoms with E-state index in [9.17, 15) is 0 Å². The van der Waals surface area contributed by atoms with Crippen molar-refractivity contribution in [2.45, 2.75) is 25.7 Å². The van der Waals surface area contributed by atoms with Crippen molar-refractivity contribution in [1.29, 1.82) is 0 Å². The Bertz CT molecular complexity index is 487. The number of fused-ring (bicyclic) bond motifs is 3. The lowest BCUT2D eigenvalue weighted by atomic mass is 9.94. The summed E-state index contributed by atoms with van der Waals surface area (Å²) in [5.41, 5.74) is 3.02. The molecule has 0 bridgehead atoms. The fourth-order valence-corrected chi connectivity index (χ4v) is 5.03. The molecular formula is C17H22NSi. The van der Waals surface area contributed by atoms with Gasteiger partial charge >= 0.3 is 0 Å². The van der Waals surface area contributed by atoms with Gasteiger partial charge in [-0.2, -0.15) is 0 Å². The summed E-state index contributed by atoms with van der Waals surface area (Å²) in [5.74, 6) is 2.92. The monoisotopic (exact) mass is 268 g/mol. The summed E-state index contributed by atoms with van der Waals surface area (Å²) in [6.07, 6.45) is 6.74. The molecule has 0 amide bonds. The SMILES string of the molecule is CN(C)[C@H]1[C]2[CH][CH][CH][C]2c2cccc([Si](C)(C)C)c21. The van der Waals surface area contributed by atoms with Crippen molar-refractivity contribution in [1.82, 2.24) is 4.90 Å². The summed E-state index contributed by atoms with van der Waals surface area (Å²) < 4.78 is 0. The quantitative estimate of drug-likeness (QED) is 0.745. The number of rotatable bonds is 2. The Morgan fingerprint density at radius 3 is 2.42 bits per heavy atom. The highest BCUT2D eigenvalue weighted by molar-refractivity contribution is 6.89. The highest BCUT2D eigenvalue weighted by Gasteiger charge is 2.47. The van der Waals surface area contributed by atoms with Gasteiger partial charge < -0.3 is 4.90 Å². The average molecular weight is 268 g/mol. The van der Waals surface area contributed by atoms with Crippen LogP contribution in [0.5, 0.6) is 0 Å². The third-order valence-electron chi connectivity index (χ3n) is 4.14. The Hall–Kier alpha value is -0.603. The molecule has 1 nitrogen and oxygen atoms in total. The van der Waals surface area contributed by atoms with Crippen LogP contribution in [0.1, 0.15) is 17.2 Å². The van der Waals surface area contributed by atoms with Crippen molar-refractivity contribution in [2.75, 3.05) is 14.1 Å². The average Bonchev–Trinajstić information content (AvgIpc) is 2.85. The second-order valence-electron chi connectivity index (χ2n) is 6.78. The van der Waals surface area contributed by atoms with Crippen molar-refractivity contribution in [3.8, 4) is 0 Å². The molecule has 2 aliphatic carbocycles. The molecule has 99 valence electrons. The zero-order valence-corrected chi connectivity index (χ0v) is 13.5. The predicted octanol–water partition coefficient (Wildman–Crippen LogP) is 2.97. The zero-order chi connectivity index (χ0) is 13.8. The molecule has 1 aromatic rings. The molecule has 2 aliphatic rings. The fourth-order valence-electron chi connectivity index (χ4n) is 3.36. The molecule has 1 fully saturated rings. The minimum absolute atomic E-state index is 0.433. The smallest absolute Gasteiger partial charge is 0.0780 e. The topological polar surface area (TPSA) is 3.24 Å². The van der Waals surface area contributed by atoms with E-state index in [2.05, 4.69) is 76.1 Å². The van der Waals surface area contributed by atoms with Crippen LogP contribution in [-0.2, 0) is 0 Å². The van der Waals surface area contributed by atoms with E-state index in [1.54, 1.807) is 10.8 Å². The van der Waals surface area contributed by atoms with Gasteiger partial charge in [0.1, 0.15) is 0 Å². The molecule has 0 aliphatic heterocycles. The Labute approximate surface area is 119 Å². The lowest BCUT2D eigenvalue weighted by Gasteiger charge is -2.30. The molecule has 1 aromatic carbocycles. The second-order valence-corrected chi connectivity index (χ2v) is 11.8. The van der Waals surface area contributed by atoms with Gasteiger partial charge in [0.2, 0.25) is 0 Å². The molecule has 3 rings (SSSR count). The van der Waals surface area contributed by atoms with E-state index in [0.717, 1.165) is 0 Å². The van der Waals surface area contributed by atoms with Crippen LogP contribution in [-0.4, -0.2) is 27.1 Å². The standard InChI is InChI=1S/C17H22NSi/c1-18(2)17-14-10-6-8-12(14)13-9-7-11-15(16(13)17)19(3,4)5/h6-11,17H,1-5H3/t17-/m0/s1. The van der Waals surface area contributed by atoms with E-state index in [-0.39, 0.29) is 0 Å². The van der Waals surface area contributed by atoms with E-state index in [4.69, 9.17) is 0 Å². The van der Waals surface area contributed by atoms with E-state index < -0.39 is 8.07 Å². The molecule has 1 saturated carbocycles. The Balaban J connectivity index is 2.19. The third-order valence-corrected chi connectivity index (χ3v) is 6.19. The van der Waals surface area contributed by atoms with Gasteiger partial charge in [-0.3, -0.25) is 0 Å². The van der Waals surface area contributed by atoms with Crippen LogP contribution < -0.4 is 5.19 Å². The Morgan fingerprint density at radius 2 is 1.79 bits per heavy atom. The van der Waals surface area contributed by atoms with E-state index in [1.807, 2.05) is 0 Å². The van der Waals surface area contributed by atoms with Crippen molar-refractivity contribution < 1.29 is 0 Å². The largest absolute Gasteiger partial charge is 0.302 e. The molecule has 0 aromatic heterocycles. The second kappa shape index (κ2) is 4.46. The lowest BCUT2D eigenvalue weighted by molar-refractivity contribution is 0.328. The lowest BCUT2D eigenvalue weighted by Crippen LogP contribution is -2.42. The maximum absolute atomic E-state index is 2.44. The highest BCUT2D eigenvalue weighted by Crippen LogP contribution is 2.54. The summed E-state index contributed by atoms with van der Waals surface area (Å²) in [7, 11) is 3.07. The summed E-state index contributed by atoms with van der Waals surface area (Å²) >= 11 is 0. The van der Waals surface area contributed by atoms with Crippen LogP contribution in [0.25, 0.3) is 0 Å². The first-order valence-corrected chi connectivity index (χ1v) is 10.5. The van der Waals surface area contributed by atoms with Crippen LogP contribution in [0.3, 0.4) is 0 Å². The van der Waals surface area contributed by atoms with Gasteiger partial charge in [0.25, 0.3) is 0 Å². The molecular weight excluding hydrogens is 246 g/mol. The Kier molecular flexibility index (Phi) is 3.14. The first-order valence-electron chi connectivity index (χ1n) is 6.97. The van der Waals surface area contributed by atoms with Crippen molar-refractivity contribution in [3.63, 3.8) is 0 Å². The zero-order valence-electron chi connectivity index (χ0n) is 12.5. The molecule has 0 heterocycles. The van der Waals surface area contributed by atoms with Crippen LogP contribution in [0, 0.1) is 31.1 Å². The normalized spacial score (nSPS) is 24.0. The maximum Gasteiger partial charge on any atom is 0.0780 e. The van der Waals surface area contributed by atoms with E-state index in [0.29, 0.717) is 6.04 Å². The first kappa shape index (κ1) is 13.4. The molecule has 0 N–H and O–H groups in total. The fraction of sp³-hybridized carbons (Fsp3) is 0.353. The summed E-state index contributed by atoms with van der Waals surface area (Å²) in [5, 5.41) is 1.61. The third kappa shape index (κ3) is 2.00. The molecule has 2 heteroatoms. The van der Waals surface area contributed by atoms with Crippen LogP contribution in [0.4, 0.5) is 0 Å². The molecule has 19 heavy (non-hydrogen) atoms. The van der Waals surface area contributed by atoms with Gasteiger partial charge in [0.05, 0.1) is 8.07 Å². The minimum Gasteiger partial charge on any atom is -0.302 e. The van der Waals surface area contributed by atoms with E-state index in [1.165, 1.54) is 17.4 Å². The highest BCUT2D eigenvalue weighted by atomic mass is 28.3. The van der Waals surface area contributed by atoms with Crippen LogP contribution >= 0.6 is 0 Å². The van der Waals surface area contributed by atoms with Crippen LogP contribution in [0.2, 0.25) is 19.6 Å². The molecule has 0 spiro atoms.